The monoisotopic (exact) mass is 287 g/mol. The molecule has 0 radical (unpaired) electrons. The molecule has 2 N–H and O–H groups in total. The highest BCUT2D eigenvalue weighted by molar-refractivity contribution is 5.94. The van der Waals surface area contributed by atoms with Crippen molar-refractivity contribution in [3.63, 3.8) is 0 Å². The van der Waals surface area contributed by atoms with Gasteiger partial charge in [0.25, 0.3) is 5.91 Å². The molecule has 112 valence electrons. The second-order valence-electron chi connectivity index (χ2n) is 5.05. The van der Waals surface area contributed by atoms with Crippen molar-refractivity contribution in [2.24, 2.45) is 0 Å². The summed E-state index contributed by atoms with van der Waals surface area (Å²) in [6.45, 7) is 1.43. The zero-order valence-corrected chi connectivity index (χ0v) is 12.1. The van der Waals surface area contributed by atoms with E-state index in [1.807, 2.05) is 12.1 Å². The molecule has 1 aliphatic rings. The number of aliphatic hydroxyl groups excluding tert-OH is 1. The summed E-state index contributed by atoms with van der Waals surface area (Å²) in [7, 11) is 0. The Balaban J connectivity index is 1.83. The first-order chi connectivity index (χ1) is 10.3. The molecule has 2 rings (SSSR count). The van der Waals surface area contributed by atoms with Crippen molar-refractivity contribution in [1.29, 1.82) is 0 Å². The molecule has 1 atom stereocenters. The number of hydrogen-bond donors (Lipinski definition) is 2. The van der Waals surface area contributed by atoms with Crippen LogP contribution in [0.2, 0.25) is 0 Å². The Kier molecular flexibility index (Phi) is 6.26. The molecule has 1 amide bonds. The third-order valence-electron chi connectivity index (χ3n) is 3.38. The van der Waals surface area contributed by atoms with Crippen molar-refractivity contribution < 1.29 is 14.6 Å². The van der Waals surface area contributed by atoms with Crippen LogP contribution in [0.1, 0.15) is 41.6 Å². The highest BCUT2D eigenvalue weighted by Gasteiger charge is 2.15. The largest absolute Gasteiger partial charge is 0.395 e. The Morgan fingerprint density at radius 2 is 2.14 bits per heavy atom. The Morgan fingerprint density at radius 3 is 2.81 bits per heavy atom. The molecular formula is C17H21NO3. The maximum absolute atomic E-state index is 12.0. The van der Waals surface area contributed by atoms with E-state index in [1.165, 1.54) is 6.42 Å². The van der Waals surface area contributed by atoms with E-state index in [2.05, 4.69) is 17.2 Å². The molecule has 1 aliphatic heterocycles. The van der Waals surface area contributed by atoms with Gasteiger partial charge in [-0.15, -0.1) is 0 Å². The van der Waals surface area contributed by atoms with Crippen LogP contribution in [0.25, 0.3) is 0 Å². The van der Waals surface area contributed by atoms with Crippen LogP contribution in [-0.4, -0.2) is 36.9 Å². The van der Waals surface area contributed by atoms with Gasteiger partial charge in [-0.1, -0.05) is 11.8 Å². The number of carbonyl (C=O) groups is 1. The van der Waals surface area contributed by atoms with Crippen molar-refractivity contribution >= 4 is 5.91 Å². The van der Waals surface area contributed by atoms with Crippen molar-refractivity contribution in [3.8, 4) is 11.8 Å². The summed E-state index contributed by atoms with van der Waals surface area (Å²) in [4.78, 5) is 12.0. The number of nitrogens with one attached hydrogen (secondary N) is 1. The van der Waals surface area contributed by atoms with E-state index < -0.39 is 0 Å². The predicted octanol–water partition coefficient (Wildman–Crippen LogP) is 1.72. The smallest absolute Gasteiger partial charge is 0.251 e. The minimum Gasteiger partial charge on any atom is -0.395 e. The summed E-state index contributed by atoms with van der Waals surface area (Å²) in [5, 5.41) is 11.6. The van der Waals surface area contributed by atoms with Crippen molar-refractivity contribution in [1.82, 2.24) is 5.32 Å². The third kappa shape index (κ3) is 5.22. The lowest BCUT2D eigenvalue weighted by molar-refractivity contribution is 0.0169. The molecule has 0 aliphatic carbocycles. The van der Waals surface area contributed by atoms with Crippen LogP contribution in [0.15, 0.2) is 24.3 Å². The Bertz CT molecular complexity index is 507. The lowest BCUT2D eigenvalue weighted by Gasteiger charge is -2.22. The molecular weight excluding hydrogens is 266 g/mol. The summed E-state index contributed by atoms with van der Waals surface area (Å²) in [5.74, 6) is 5.70. The SMILES string of the molecule is O=C(NCC1CCCCO1)c1ccc(C#CCCO)cc1. The van der Waals surface area contributed by atoms with Crippen LogP contribution >= 0.6 is 0 Å². The summed E-state index contributed by atoms with van der Waals surface area (Å²) in [5.41, 5.74) is 1.47. The van der Waals surface area contributed by atoms with Gasteiger partial charge in [-0.25, -0.2) is 0 Å². The second kappa shape index (κ2) is 8.46. The molecule has 0 spiro atoms. The van der Waals surface area contributed by atoms with Gasteiger partial charge in [0.1, 0.15) is 0 Å². The minimum absolute atomic E-state index is 0.0662. The van der Waals surface area contributed by atoms with Gasteiger partial charge in [0.05, 0.1) is 12.7 Å². The number of carbonyl (C=O) groups excluding carboxylic acids is 1. The van der Waals surface area contributed by atoms with E-state index in [0.29, 0.717) is 18.5 Å². The number of benzene rings is 1. The molecule has 4 heteroatoms. The lowest BCUT2D eigenvalue weighted by atomic mass is 10.1. The number of amides is 1. The van der Waals surface area contributed by atoms with Gasteiger partial charge in [0.15, 0.2) is 0 Å². The second-order valence-corrected chi connectivity index (χ2v) is 5.05. The van der Waals surface area contributed by atoms with E-state index in [-0.39, 0.29) is 18.6 Å². The van der Waals surface area contributed by atoms with E-state index in [1.54, 1.807) is 12.1 Å². The summed E-state index contributed by atoms with van der Waals surface area (Å²) >= 11 is 0. The summed E-state index contributed by atoms with van der Waals surface area (Å²) in [6, 6.07) is 7.16. The maximum Gasteiger partial charge on any atom is 0.251 e. The van der Waals surface area contributed by atoms with Gasteiger partial charge < -0.3 is 15.2 Å². The van der Waals surface area contributed by atoms with Crippen LogP contribution in [0.3, 0.4) is 0 Å². The van der Waals surface area contributed by atoms with E-state index in [4.69, 9.17) is 9.84 Å². The fourth-order valence-corrected chi connectivity index (χ4v) is 2.20. The Labute approximate surface area is 125 Å². The van der Waals surface area contributed by atoms with Crippen molar-refractivity contribution in [2.45, 2.75) is 31.8 Å². The van der Waals surface area contributed by atoms with Crippen LogP contribution in [-0.2, 0) is 4.74 Å². The molecule has 1 heterocycles. The zero-order chi connectivity index (χ0) is 14.9. The number of aliphatic hydroxyl groups is 1. The molecule has 0 bridgehead atoms. The molecule has 1 aromatic rings. The quantitative estimate of drug-likeness (QED) is 0.829. The molecule has 1 fully saturated rings. The molecule has 1 aromatic carbocycles. The summed E-state index contributed by atoms with van der Waals surface area (Å²) in [6.07, 6.45) is 3.90. The summed E-state index contributed by atoms with van der Waals surface area (Å²) < 4.78 is 5.58. The van der Waals surface area contributed by atoms with Gasteiger partial charge >= 0.3 is 0 Å². The highest BCUT2D eigenvalue weighted by atomic mass is 16.5. The number of hydrogen-bond acceptors (Lipinski definition) is 3. The van der Waals surface area contributed by atoms with Gasteiger partial charge in [0, 0.05) is 30.7 Å². The molecule has 4 nitrogen and oxygen atoms in total. The fourth-order valence-electron chi connectivity index (χ4n) is 2.20. The lowest BCUT2D eigenvalue weighted by Crippen LogP contribution is -2.35. The molecule has 1 saturated heterocycles. The molecule has 1 unspecified atom stereocenters. The first-order valence-electron chi connectivity index (χ1n) is 7.39. The average Bonchev–Trinajstić information content (AvgIpc) is 2.54. The highest BCUT2D eigenvalue weighted by Crippen LogP contribution is 2.12. The standard InChI is InChI=1S/C17H21NO3/c19-11-3-1-5-14-7-9-15(10-8-14)17(20)18-13-16-6-2-4-12-21-16/h7-10,16,19H,2-4,6,11-13H2,(H,18,20). The first kappa shape index (κ1) is 15.6. The van der Waals surface area contributed by atoms with E-state index >= 15 is 0 Å². The average molecular weight is 287 g/mol. The van der Waals surface area contributed by atoms with E-state index in [9.17, 15) is 4.79 Å². The van der Waals surface area contributed by atoms with Gasteiger partial charge in [0.2, 0.25) is 0 Å². The molecule has 21 heavy (non-hydrogen) atoms. The number of ether oxygens (including phenoxy) is 1. The topological polar surface area (TPSA) is 58.6 Å². The third-order valence-corrected chi connectivity index (χ3v) is 3.38. The van der Waals surface area contributed by atoms with Gasteiger partial charge in [-0.05, 0) is 43.5 Å². The van der Waals surface area contributed by atoms with Gasteiger partial charge in [-0.3, -0.25) is 4.79 Å². The van der Waals surface area contributed by atoms with Crippen molar-refractivity contribution in [2.75, 3.05) is 19.8 Å². The van der Waals surface area contributed by atoms with E-state index in [0.717, 1.165) is 25.0 Å². The fraction of sp³-hybridized carbons (Fsp3) is 0.471. The Morgan fingerprint density at radius 1 is 1.33 bits per heavy atom. The normalized spacial score (nSPS) is 17.7. The van der Waals surface area contributed by atoms with Crippen LogP contribution in [0.5, 0.6) is 0 Å². The Hall–Kier alpha value is -1.83. The molecule has 0 aromatic heterocycles. The van der Waals surface area contributed by atoms with Crippen LogP contribution in [0.4, 0.5) is 0 Å². The van der Waals surface area contributed by atoms with Crippen LogP contribution < -0.4 is 5.32 Å². The zero-order valence-electron chi connectivity index (χ0n) is 12.1. The van der Waals surface area contributed by atoms with Crippen LogP contribution in [0, 0.1) is 11.8 Å². The first-order valence-corrected chi connectivity index (χ1v) is 7.39. The van der Waals surface area contributed by atoms with Crippen molar-refractivity contribution in [3.05, 3.63) is 35.4 Å². The van der Waals surface area contributed by atoms with Gasteiger partial charge in [-0.2, -0.15) is 0 Å². The molecule has 0 saturated carbocycles. The maximum atomic E-state index is 12.0. The predicted molar refractivity (Wildman–Crippen MR) is 80.9 cm³/mol. The minimum atomic E-state index is -0.0842. The number of rotatable bonds is 4.